The van der Waals surface area contributed by atoms with Crippen LogP contribution in [0.15, 0.2) is 58.3 Å². The molecule has 3 rings (SSSR count). The van der Waals surface area contributed by atoms with Crippen LogP contribution in [0.5, 0.6) is 0 Å². The van der Waals surface area contributed by atoms with Gasteiger partial charge in [0, 0.05) is 32.6 Å². The summed E-state index contributed by atoms with van der Waals surface area (Å²) in [6.45, 7) is 1.03. The first kappa shape index (κ1) is 13.8. The lowest BCUT2D eigenvalue weighted by Gasteiger charge is -2.09. The van der Waals surface area contributed by atoms with Crippen molar-refractivity contribution in [2.75, 3.05) is 19.3 Å². The SMILES string of the molecule is CNCCSC1=Cc2ccccc2Sc2ccccc21. The summed E-state index contributed by atoms with van der Waals surface area (Å²) in [7, 11) is 2.00. The van der Waals surface area contributed by atoms with E-state index in [2.05, 4.69) is 59.9 Å². The van der Waals surface area contributed by atoms with Gasteiger partial charge in [-0.05, 0) is 30.8 Å². The summed E-state index contributed by atoms with van der Waals surface area (Å²) in [5, 5.41) is 3.21. The van der Waals surface area contributed by atoms with Gasteiger partial charge in [0.05, 0.1) is 0 Å². The fourth-order valence-corrected chi connectivity index (χ4v) is 4.37. The van der Waals surface area contributed by atoms with Crippen LogP contribution in [-0.4, -0.2) is 19.3 Å². The van der Waals surface area contributed by atoms with Gasteiger partial charge in [0.15, 0.2) is 0 Å². The summed E-state index contributed by atoms with van der Waals surface area (Å²) in [5.41, 5.74) is 2.68. The first-order valence-corrected chi connectivity index (χ1v) is 8.54. The third-order valence-electron chi connectivity index (χ3n) is 3.19. The van der Waals surface area contributed by atoms with Crippen LogP contribution in [-0.2, 0) is 0 Å². The van der Waals surface area contributed by atoms with Crippen molar-refractivity contribution in [2.24, 2.45) is 0 Å². The topological polar surface area (TPSA) is 12.0 Å². The van der Waals surface area contributed by atoms with Crippen molar-refractivity contribution in [3.05, 3.63) is 59.7 Å². The predicted octanol–water partition coefficient (Wildman–Crippen LogP) is 4.60. The molecule has 0 aliphatic carbocycles. The summed E-state index contributed by atoms with van der Waals surface area (Å²) in [5.74, 6) is 1.09. The van der Waals surface area contributed by atoms with Crippen LogP contribution in [0, 0.1) is 0 Å². The Hall–Kier alpha value is -1.16. The van der Waals surface area contributed by atoms with E-state index in [1.54, 1.807) is 0 Å². The Bertz CT molecular complexity index is 634. The fourth-order valence-electron chi connectivity index (χ4n) is 2.17. The predicted molar refractivity (Wildman–Crippen MR) is 91.3 cm³/mol. The Morgan fingerprint density at radius 3 is 2.60 bits per heavy atom. The fraction of sp³-hybridized carbons (Fsp3) is 0.176. The molecule has 0 fully saturated rings. The molecular formula is C17H17NS2. The van der Waals surface area contributed by atoms with Crippen LogP contribution < -0.4 is 5.32 Å². The highest BCUT2D eigenvalue weighted by molar-refractivity contribution is 8.08. The van der Waals surface area contributed by atoms with E-state index in [1.165, 1.54) is 25.8 Å². The molecular weight excluding hydrogens is 282 g/mol. The molecule has 1 nitrogen and oxygen atoms in total. The lowest BCUT2D eigenvalue weighted by molar-refractivity contribution is 0.873. The van der Waals surface area contributed by atoms with Crippen LogP contribution in [0.1, 0.15) is 11.1 Å². The zero-order valence-corrected chi connectivity index (χ0v) is 13.1. The molecule has 0 amide bonds. The number of benzene rings is 2. The van der Waals surface area contributed by atoms with E-state index in [1.807, 2.05) is 30.6 Å². The molecule has 0 spiro atoms. The quantitative estimate of drug-likeness (QED) is 0.829. The monoisotopic (exact) mass is 299 g/mol. The molecule has 3 heteroatoms. The van der Waals surface area contributed by atoms with Gasteiger partial charge in [0.1, 0.15) is 0 Å². The highest BCUT2D eigenvalue weighted by Crippen LogP contribution is 2.43. The molecule has 20 heavy (non-hydrogen) atoms. The second-order valence-electron chi connectivity index (χ2n) is 4.60. The van der Waals surface area contributed by atoms with Crippen LogP contribution in [0.4, 0.5) is 0 Å². The molecule has 1 aliphatic heterocycles. The number of thioether (sulfide) groups is 1. The van der Waals surface area contributed by atoms with Gasteiger partial charge in [-0.3, -0.25) is 0 Å². The van der Waals surface area contributed by atoms with Crippen LogP contribution in [0.3, 0.4) is 0 Å². The van der Waals surface area contributed by atoms with Gasteiger partial charge in [-0.2, -0.15) is 0 Å². The molecule has 0 atom stereocenters. The second kappa shape index (κ2) is 6.53. The van der Waals surface area contributed by atoms with E-state index < -0.39 is 0 Å². The Balaban J connectivity index is 2.02. The Labute approximate surface area is 128 Å². The van der Waals surface area contributed by atoms with E-state index in [-0.39, 0.29) is 0 Å². The highest BCUT2D eigenvalue weighted by atomic mass is 32.2. The standard InChI is InChI=1S/C17H17NS2/c1-18-10-11-19-17-12-13-6-2-4-8-15(13)20-16-9-5-3-7-14(16)17/h2-9,12,18H,10-11H2,1H3. The molecule has 2 aromatic rings. The van der Waals surface area contributed by atoms with Gasteiger partial charge in [-0.1, -0.05) is 48.2 Å². The van der Waals surface area contributed by atoms with E-state index in [0.29, 0.717) is 0 Å². The number of fused-ring (bicyclic) bond motifs is 2. The first-order chi connectivity index (χ1) is 9.88. The maximum Gasteiger partial charge on any atom is 0.0206 e. The van der Waals surface area contributed by atoms with E-state index in [0.717, 1.165) is 12.3 Å². The Morgan fingerprint density at radius 2 is 1.75 bits per heavy atom. The van der Waals surface area contributed by atoms with Crippen molar-refractivity contribution in [3.63, 3.8) is 0 Å². The molecule has 1 aliphatic rings. The minimum atomic E-state index is 1.03. The molecule has 102 valence electrons. The lowest BCUT2D eigenvalue weighted by atomic mass is 10.1. The number of rotatable bonds is 4. The summed E-state index contributed by atoms with van der Waals surface area (Å²) < 4.78 is 0. The van der Waals surface area contributed by atoms with E-state index >= 15 is 0 Å². The third kappa shape index (κ3) is 2.95. The highest BCUT2D eigenvalue weighted by Gasteiger charge is 2.15. The van der Waals surface area contributed by atoms with Crippen LogP contribution in [0.25, 0.3) is 11.0 Å². The van der Waals surface area contributed by atoms with E-state index in [9.17, 15) is 0 Å². The number of nitrogens with one attached hydrogen (secondary N) is 1. The van der Waals surface area contributed by atoms with Crippen molar-refractivity contribution in [3.8, 4) is 0 Å². The molecule has 0 saturated carbocycles. The summed E-state index contributed by atoms with van der Waals surface area (Å²) in [4.78, 5) is 4.05. The van der Waals surface area contributed by atoms with Crippen molar-refractivity contribution < 1.29 is 0 Å². The zero-order chi connectivity index (χ0) is 13.8. The first-order valence-electron chi connectivity index (χ1n) is 6.74. The molecule has 0 aromatic heterocycles. The third-order valence-corrected chi connectivity index (χ3v) is 5.41. The summed E-state index contributed by atoms with van der Waals surface area (Å²) in [6.07, 6.45) is 2.33. The lowest BCUT2D eigenvalue weighted by Crippen LogP contribution is -2.09. The van der Waals surface area contributed by atoms with Gasteiger partial charge in [-0.15, -0.1) is 11.8 Å². The normalized spacial score (nSPS) is 13.2. The van der Waals surface area contributed by atoms with Gasteiger partial charge in [0.25, 0.3) is 0 Å². The smallest absolute Gasteiger partial charge is 0.0206 e. The molecule has 0 unspecified atom stereocenters. The van der Waals surface area contributed by atoms with E-state index in [4.69, 9.17) is 0 Å². The zero-order valence-electron chi connectivity index (χ0n) is 11.4. The molecule has 1 heterocycles. The van der Waals surface area contributed by atoms with Crippen LogP contribution >= 0.6 is 23.5 Å². The number of hydrogen-bond donors (Lipinski definition) is 1. The summed E-state index contributed by atoms with van der Waals surface area (Å²) >= 11 is 3.79. The van der Waals surface area contributed by atoms with Crippen molar-refractivity contribution in [1.82, 2.24) is 5.32 Å². The maximum atomic E-state index is 3.21. The molecule has 0 radical (unpaired) electrons. The molecule has 2 aromatic carbocycles. The summed E-state index contributed by atoms with van der Waals surface area (Å²) in [6, 6.07) is 17.3. The number of hydrogen-bond acceptors (Lipinski definition) is 3. The van der Waals surface area contributed by atoms with Crippen LogP contribution in [0.2, 0.25) is 0 Å². The average Bonchev–Trinajstić information content (AvgIpc) is 2.64. The van der Waals surface area contributed by atoms with Gasteiger partial charge in [-0.25, -0.2) is 0 Å². The van der Waals surface area contributed by atoms with Crippen molar-refractivity contribution >= 4 is 34.5 Å². The molecule has 0 saturated heterocycles. The molecule has 0 bridgehead atoms. The minimum Gasteiger partial charge on any atom is -0.319 e. The Kier molecular flexibility index (Phi) is 4.51. The van der Waals surface area contributed by atoms with Crippen molar-refractivity contribution in [1.29, 1.82) is 0 Å². The Morgan fingerprint density at radius 1 is 1.00 bits per heavy atom. The minimum absolute atomic E-state index is 1.03. The molecule has 1 N–H and O–H groups in total. The van der Waals surface area contributed by atoms with Gasteiger partial charge < -0.3 is 5.32 Å². The maximum absolute atomic E-state index is 3.21. The second-order valence-corrected chi connectivity index (χ2v) is 6.82. The van der Waals surface area contributed by atoms with Crippen molar-refractivity contribution in [2.45, 2.75) is 9.79 Å². The van der Waals surface area contributed by atoms with Gasteiger partial charge >= 0.3 is 0 Å². The largest absolute Gasteiger partial charge is 0.319 e. The average molecular weight is 299 g/mol. The van der Waals surface area contributed by atoms with Gasteiger partial charge in [0.2, 0.25) is 0 Å².